The zero-order valence-electron chi connectivity index (χ0n) is 19.2. The molecular weight excluding hydrogens is 486 g/mol. The van der Waals surface area contributed by atoms with E-state index >= 15 is 0 Å². The lowest BCUT2D eigenvalue weighted by atomic mass is 10.0. The van der Waals surface area contributed by atoms with Crippen molar-refractivity contribution in [2.75, 3.05) is 6.61 Å². The molecule has 0 saturated heterocycles. The van der Waals surface area contributed by atoms with Gasteiger partial charge >= 0.3 is 6.36 Å². The van der Waals surface area contributed by atoms with E-state index in [0.29, 0.717) is 28.2 Å². The number of hydrogen-bond acceptors (Lipinski definition) is 4. The summed E-state index contributed by atoms with van der Waals surface area (Å²) in [5.41, 5.74) is 3.61. The van der Waals surface area contributed by atoms with E-state index in [-0.39, 0.29) is 6.61 Å². The van der Waals surface area contributed by atoms with Crippen LogP contribution in [0.3, 0.4) is 0 Å². The zero-order valence-corrected chi connectivity index (χ0v) is 19.2. The summed E-state index contributed by atoms with van der Waals surface area (Å²) >= 11 is 0. The highest BCUT2D eigenvalue weighted by molar-refractivity contribution is 5.66. The third kappa shape index (κ3) is 7.12. The number of nitriles is 1. The highest BCUT2D eigenvalue weighted by Crippen LogP contribution is 2.30. The molecule has 0 amide bonds. The number of ether oxygens (including phenoxy) is 3. The lowest BCUT2D eigenvalue weighted by molar-refractivity contribution is -0.275. The summed E-state index contributed by atoms with van der Waals surface area (Å²) in [4.78, 5) is 0. The van der Waals surface area contributed by atoms with Gasteiger partial charge in [0.15, 0.2) is 11.6 Å². The maximum absolute atomic E-state index is 14.0. The number of halogens is 4. The second kappa shape index (κ2) is 11.3. The fourth-order valence-corrected chi connectivity index (χ4v) is 3.40. The Balaban J connectivity index is 1.26. The number of rotatable bonds is 8. The molecule has 0 bridgehead atoms. The number of nitrogens with zero attached hydrogens (tertiary/aromatic N) is 1. The number of hydrogen-bond donors (Lipinski definition) is 0. The van der Waals surface area contributed by atoms with Gasteiger partial charge in [0.25, 0.3) is 0 Å². The highest BCUT2D eigenvalue weighted by Gasteiger charge is 2.32. The molecule has 4 rings (SSSR count). The van der Waals surface area contributed by atoms with Gasteiger partial charge in [-0.3, -0.25) is 0 Å². The van der Waals surface area contributed by atoms with Crippen LogP contribution >= 0.6 is 0 Å². The molecular formula is C29H19F4NO3. The predicted octanol–water partition coefficient (Wildman–Crippen LogP) is 7.90. The summed E-state index contributed by atoms with van der Waals surface area (Å²) in [7, 11) is 0. The summed E-state index contributed by atoms with van der Waals surface area (Å²) in [5, 5.41) is 8.89. The Morgan fingerprint density at radius 1 is 0.730 bits per heavy atom. The molecule has 0 aliphatic rings. The molecule has 0 atom stereocenters. The average Bonchev–Trinajstić information content (AvgIpc) is 2.90. The van der Waals surface area contributed by atoms with Gasteiger partial charge in [-0.05, 0) is 76.9 Å². The standard InChI is InChI=1S/C29H19F4NO3/c30-27-18-24(10-15-28(27)37-29(31,32)33)23-8-13-26(14-9-23)36-17-1-16-35-25-11-6-22(7-12-25)21-4-2-20(19-34)3-5-21/h1-16,18H,17H2/b16-1+. The molecule has 0 saturated carbocycles. The molecule has 0 aliphatic carbocycles. The lowest BCUT2D eigenvalue weighted by Crippen LogP contribution is -2.17. The van der Waals surface area contributed by atoms with Crippen molar-refractivity contribution in [3.05, 3.63) is 115 Å². The Morgan fingerprint density at radius 3 is 1.84 bits per heavy atom. The smallest absolute Gasteiger partial charge is 0.489 e. The molecule has 0 heterocycles. The van der Waals surface area contributed by atoms with Gasteiger partial charge in [0.1, 0.15) is 18.1 Å². The molecule has 4 nitrogen and oxygen atoms in total. The molecule has 8 heteroatoms. The van der Waals surface area contributed by atoms with E-state index in [2.05, 4.69) is 10.8 Å². The van der Waals surface area contributed by atoms with E-state index < -0.39 is 17.9 Å². The molecule has 4 aromatic rings. The Hall–Kier alpha value is -4.77. The van der Waals surface area contributed by atoms with Gasteiger partial charge in [-0.2, -0.15) is 5.26 Å². The van der Waals surface area contributed by atoms with E-state index in [4.69, 9.17) is 14.7 Å². The van der Waals surface area contributed by atoms with Gasteiger partial charge in [0.05, 0.1) is 17.9 Å². The second-order valence-corrected chi connectivity index (χ2v) is 7.73. The van der Waals surface area contributed by atoms with Crippen LogP contribution < -0.4 is 14.2 Å². The number of alkyl halides is 3. The van der Waals surface area contributed by atoms with Crippen LogP contribution in [0.25, 0.3) is 22.3 Å². The number of benzene rings is 4. The van der Waals surface area contributed by atoms with Crippen molar-refractivity contribution in [2.24, 2.45) is 0 Å². The van der Waals surface area contributed by atoms with Crippen LogP contribution in [-0.2, 0) is 0 Å². The first-order chi connectivity index (χ1) is 17.8. The quantitative estimate of drug-likeness (QED) is 0.180. The van der Waals surface area contributed by atoms with Crippen LogP contribution in [0.2, 0.25) is 0 Å². The largest absolute Gasteiger partial charge is 0.573 e. The molecule has 0 N–H and O–H groups in total. The average molecular weight is 505 g/mol. The molecule has 0 spiro atoms. The molecule has 186 valence electrons. The summed E-state index contributed by atoms with van der Waals surface area (Å²) < 4.78 is 65.7. The van der Waals surface area contributed by atoms with Gasteiger partial charge in [0.2, 0.25) is 0 Å². The van der Waals surface area contributed by atoms with Crippen LogP contribution in [0.4, 0.5) is 17.6 Å². The predicted molar refractivity (Wildman–Crippen MR) is 130 cm³/mol. The molecule has 37 heavy (non-hydrogen) atoms. The topological polar surface area (TPSA) is 51.5 Å². The molecule has 0 fully saturated rings. The summed E-state index contributed by atoms with van der Waals surface area (Å²) in [6, 6.07) is 26.9. The highest BCUT2D eigenvalue weighted by atomic mass is 19.4. The fraction of sp³-hybridized carbons (Fsp3) is 0.0690. The monoisotopic (exact) mass is 505 g/mol. The summed E-state index contributed by atoms with van der Waals surface area (Å²) in [6.45, 7) is 0.237. The van der Waals surface area contributed by atoms with Gasteiger partial charge in [-0.15, -0.1) is 13.2 Å². The van der Waals surface area contributed by atoms with Crippen LogP contribution in [0.1, 0.15) is 5.56 Å². The van der Waals surface area contributed by atoms with Crippen LogP contribution in [0.15, 0.2) is 103 Å². The first kappa shape index (κ1) is 25.3. The van der Waals surface area contributed by atoms with E-state index in [1.165, 1.54) is 12.3 Å². The van der Waals surface area contributed by atoms with E-state index in [9.17, 15) is 17.6 Å². The van der Waals surface area contributed by atoms with E-state index in [1.807, 2.05) is 36.4 Å². The maximum atomic E-state index is 14.0. The minimum atomic E-state index is -4.96. The fourth-order valence-electron chi connectivity index (χ4n) is 3.40. The van der Waals surface area contributed by atoms with Gasteiger partial charge < -0.3 is 14.2 Å². The first-order valence-corrected chi connectivity index (χ1v) is 11.0. The Labute approximate surface area is 210 Å². The zero-order chi connectivity index (χ0) is 26.3. The Bertz CT molecular complexity index is 1410. The third-order valence-electron chi connectivity index (χ3n) is 5.19. The second-order valence-electron chi connectivity index (χ2n) is 7.73. The first-order valence-electron chi connectivity index (χ1n) is 11.0. The molecule has 4 aromatic carbocycles. The Kier molecular flexibility index (Phi) is 7.74. The van der Waals surface area contributed by atoms with Crippen LogP contribution in [0, 0.1) is 17.1 Å². The van der Waals surface area contributed by atoms with Gasteiger partial charge in [-0.1, -0.05) is 42.5 Å². The van der Waals surface area contributed by atoms with Gasteiger partial charge in [-0.25, -0.2) is 4.39 Å². The van der Waals surface area contributed by atoms with Crippen molar-refractivity contribution in [1.82, 2.24) is 0 Å². The molecule has 0 aromatic heterocycles. The van der Waals surface area contributed by atoms with Crippen molar-refractivity contribution in [2.45, 2.75) is 6.36 Å². The molecule has 0 radical (unpaired) electrons. The van der Waals surface area contributed by atoms with E-state index in [1.54, 1.807) is 42.5 Å². The van der Waals surface area contributed by atoms with Crippen LogP contribution in [-0.4, -0.2) is 13.0 Å². The van der Waals surface area contributed by atoms with E-state index in [0.717, 1.165) is 23.3 Å². The third-order valence-corrected chi connectivity index (χ3v) is 5.19. The minimum Gasteiger partial charge on any atom is -0.489 e. The Morgan fingerprint density at radius 2 is 1.27 bits per heavy atom. The molecule has 0 aliphatic heterocycles. The molecule has 0 unspecified atom stereocenters. The normalized spacial score (nSPS) is 11.2. The van der Waals surface area contributed by atoms with Crippen molar-refractivity contribution < 1.29 is 31.8 Å². The minimum absolute atomic E-state index is 0.237. The van der Waals surface area contributed by atoms with Crippen LogP contribution in [0.5, 0.6) is 17.2 Å². The lowest BCUT2D eigenvalue weighted by Gasteiger charge is -2.11. The summed E-state index contributed by atoms with van der Waals surface area (Å²) in [6.07, 6.45) is -1.76. The van der Waals surface area contributed by atoms with Crippen molar-refractivity contribution in [3.63, 3.8) is 0 Å². The summed E-state index contributed by atoms with van der Waals surface area (Å²) in [5.74, 6) is -0.786. The van der Waals surface area contributed by atoms with Crippen molar-refractivity contribution >= 4 is 0 Å². The maximum Gasteiger partial charge on any atom is 0.573 e. The van der Waals surface area contributed by atoms with Crippen molar-refractivity contribution in [3.8, 4) is 45.6 Å². The SMILES string of the molecule is N#Cc1ccc(-c2ccc(O/C=C/COc3ccc(-c4ccc(OC(F)(F)F)c(F)c4)cc3)cc2)cc1. The van der Waals surface area contributed by atoms with Gasteiger partial charge in [0, 0.05) is 0 Å². The van der Waals surface area contributed by atoms with Crippen molar-refractivity contribution in [1.29, 1.82) is 5.26 Å².